The number of amides is 1. The second-order valence-electron chi connectivity index (χ2n) is 6.78. The Balaban J connectivity index is 1.37. The normalized spacial score (nSPS) is 15.2. The van der Waals surface area contributed by atoms with Crippen LogP contribution in [0.2, 0.25) is 0 Å². The van der Waals surface area contributed by atoms with Crippen molar-refractivity contribution < 1.29 is 9.53 Å². The number of benzene rings is 1. The van der Waals surface area contributed by atoms with Crippen LogP contribution in [-0.2, 0) is 25.7 Å². The summed E-state index contributed by atoms with van der Waals surface area (Å²) in [5.74, 6) is 1.69. The van der Waals surface area contributed by atoms with Crippen molar-refractivity contribution in [3.63, 3.8) is 0 Å². The summed E-state index contributed by atoms with van der Waals surface area (Å²) in [6.45, 7) is 3.37. The van der Waals surface area contributed by atoms with Gasteiger partial charge >= 0.3 is 0 Å². The van der Waals surface area contributed by atoms with Crippen LogP contribution < -0.4 is 10.1 Å². The first kappa shape index (κ1) is 16.1. The predicted octanol–water partition coefficient (Wildman–Crippen LogP) is 2.57. The van der Waals surface area contributed by atoms with E-state index < -0.39 is 0 Å². The summed E-state index contributed by atoms with van der Waals surface area (Å²) >= 11 is 0. The van der Waals surface area contributed by atoms with E-state index in [2.05, 4.69) is 22.2 Å². The molecule has 2 aromatic rings. The van der Waals surface area contributed by atoms with Crippen molar-refractivity contribution in [3.05, 3.63) is 52.1 Å². The average molecular weight is 337 g/mol. The molecule has 25 heavy (non-hydrogen) atoms. The van der Waals surface area contributed by atoms with Crippen LogP contribution in [0.4, 0.5) is 0 Å². The second kappa shape index (κ2) is 6.82. The number of aromatic nitrogens is 2. The van der Waals surface area contributed by atoms with Crippen molar-refractivity contribution in [1.29, 1.82) is 0 Å². The molecule has 1 aliphatic heterocycles. The average Bonchev–Trinajstić information content (AvgIpc) is 3.10. The van der Waals surface area contributed by atoms with E-state index in [4.69, 9.17) is 4.74 Å². The Morgan fingerprint density at radius 1 is 1.20 bits per heavy atom. The molecule has 0 saturated heterocycles. The van der Waals surface area contributed by atoms with Crippen molar-refractivity contribution in [3.8, 4) is 5.75 Å². The topological polar surface area (TPSA) is 64.1 Å². The summed E-state index contributed by atoms with van der Waals surface area (Å²) in [5.41, 5.74) is 5.43. The van der Waals surface area contributed by atoms with Crippen LogP contribution in [0.5, 0.6) is 5.75 Å². The maximum atomic E-state index is 12.4. The van der Waals surface area contributed by atoms with E-state index in [9.17, 15) is 4.79 Å². The molecule has 2 aliphatic rings. The van der Waals surface area contributed by atoms with Gasteiger partial charge in [0.05, 0.1) is 6.61 Å². The number of rotatable bonds is 4. The fourth-order valence-electron chi connectivity index (χ4n) is 3.69. The minimum atomic E-state index is -0.0498. The molecule has 5 nitrogen and oxygen atoms in total. The first-order valence-electron chi connectivity index (χ1n) is 9.10. The van der Waals surface area contributed by atoms with Crippen LogP contribution >= 0.6 is 0 Å². The Kier molecular flexibility index (Phi) is 4.38. The largest absolute Gasteiger partial charge is 0.493 e. The maximum Gasteiger partial charge on any atom is 0.251 e. The number of hydrogen-bond acceptors (Lipinski definition) is 4. The third-order valence-electron chi connectivity index (χ3n) is 4.99. The number of carbonyl (C=O) groups excluding carboxylic acids is 1. The van der Waals surface area contributed by atoms with Gasteiger partial charge in [-0.3, -0.25) is 4.79 Å². The van der Waals surface area contributed by atoms with Crippen LogP contribution in [0.15, 0.2) is 18.2 Å². The highest BCUT2D eigenvalue weighted by Gasteiger charge is 2.17. The third-order valence-corrected chi connectivity index (χ3v) is 4.99. The van der Waals surface area contributed by atoms with Crippen LogP contribution in [0.3, 0.4) is 0 Å². The van der Waals surface area contributed by atoms with Crippen molar-refractivity contribution in [2.24, 2.45) is 0 Å². The highest BCUT2D eigenvalue weighted by molar-refractivity contribution is 5.94. The molecule has 1 N–H and O–H groups in total. The standard InChI is InChI=1S/C20H23N3O2/c1-13-16-5-2-6-17(16)23-19(22-13)9-10-21-20(24)15-7-8-18-14(12-15)4-3-11-25-18/h7-8,12H,2-6,9-11H2,1H3,(H,21,24). The Labute approximate surface area is 147 Å². The first-order chi connectivity index (χ1) is 12.2. The number of aryl methyl sites for hydroxylation is 3. The molecule has 0 bridgehead atoms. The molecule has 1 aromatic carbocycles. The highest BCUT2D eigenvalue weighted by atomic mass is 16.5. The molecular formula is C20H23N3O2. The molecule has 130 valence electrons. The Morgan fingerprint density at radius 3 is 3.04 bits per heavy atom. The van der Waals surface area contributed by atoms with E-state index in [0.29, 0.717) is 18.5 Å². The minimum absolute atomic E-state index is 0.0498. The summed E-state index contributed by atoms with van der Waals surface area (Å²) in [6, 6.07) is 5.67. The second-order valence-corrected chi connectivity index (χ2v) is 6.78. The molecule has 0 spiro atoms. The molecule has 5 heteroatoms. The number of ether oxygens (including phenoxy) is 1. The smallest absolute Gasteiger partial charge is 0.251 e. The van der Waals surface area contributed by atoms with E-state index in [1.54, 1.807) is 0 Å². The Morgan fingerprint density at radius 2 is 2.12 bits per heavy atom. The summed E-state index contributed by atoms with van der Waals surface area (Å²) in [7, 11) is 0. The lowest BCUT2D eigenvalue weighted by molar-refractivity contribution is 0.0953. The molecular weight excluding hydrogens is 314 g/mol. The zero-order valence-electron chi connectivity index (χ0n) is 14.6. The minimum Gasteiger partial charge on any atom is -0.493 e. The molecule has 1 amide bonds. The highest BCUT2D eigenvalue weighted by Crippen LogP contribution is 2.25. The molecule has 0 radical (unpaired) electrons. The van der Waals surface area contributed by atoms with Gasteiger partial charge in [-0.05, 0) is 68.4 Å². The van der Waals surface area contributed by atoms with Gasteiger partial charge in [0.25, 0.3) is 5.91 Å². The van der Waals surface area contributed by atoms with Crippen molar-refractivity contribution >= 4 is 5.91 Å². The van der Waals surface area contributed by atoms with E-state index in [-0.39, 0.29) is 5.91 Å². The van der Waals surface area contributed by atoms with Crippen LogP contribution in [-0.4, -0.2) is 29.0 Å². The van der Waals surface area contributed by atoms with E-state index in [1.165, 1.54) is 17.7 Å². The molecule has 1 aliphatic carbocycles. The lowest BCUT2D eigenvalue weighted by Crippen LogP contribution is -2.26. The Hall–Kier alpha value is -2.43. The summed E-state index contributed by atoms with van der Waals surface area (Å²) in [4.78, 5) is 21.6. The lowest BCUT2D eigenvalue weighted by Gasteiger charge is -2.17. The van der Waals surface area contributed by atoms with Crippen LogP contribution in [0.25, 0.3) is 0 Å². The lowest BCUT2D eigenvalue weighted by atomic mass is 10.0. The quantitative estimate of drug-likeness (QED) is 0.931. The third kappa shape index (κ3) is 3.36. The van der Waals surface area contributed by atoms with Gasteiger partial charge in [0.2, 0.25) is 0 Å². The van der Waals surface area contributed by atoms with Gasteiger partial charge in [-0.2, -0.15) is 0 Å². The van der Waals surface area contributed by atoms with Crippen LogP contribution in [0.1, 0.15) is 51.5 Å². The number of nitrogens with one attached hydrogen (secondary N) is 1. The molecule has 1 aromatic heterocycles. The molecule has 0 saturated carbocycles. The summed E-state index contributed by atoms with van der Waals surface area (Å²) in [5, 5.41) is 2.98. The molecule has 2 heterocycles. The van der Waals surface area contributed by atoms with E-state index in [1.807, 2.05) is 18.2 Å². The van der Waals surface area contributed by atoms with Crippen molar-refractivity contribution in [1.82, 2.24) is 15.3 Å². The number of carbonyl (C=O) groups is 1. The molecule has 0 unspecified atom stereocenters. The Bertz CT molecular complexity index is 817. The summed E-state index contributed by atoms with van der Waals surface area (Å²) in [6.07, 6.45) is 5.96. The zero-order chi connectivity index (χ0) is 17.2. The zero-order valence-corrected chi connectivity index (χ0v) is 14.6. The van der Waals surface area contributed by atoms with Crippen LogP contribution in [0, 0.1) is 6.92 Å². The number of fused-ring (bicyclic) bond motifs is 2. The fraction of sp³-hybridized carbons (Fsp3) is 0.450. The van der Waals surface area contributed by atoms with E-state index >= 15 is 0 Å². The SMILES string of the molecule is Cc1nc(CCNC(=O)c2ccc3c(c2)CCCO3)nc2c1CCC2. The number of nitrogens with zero attached hydrogens (tertiary/aromatic N) is 2. The predicted molar refractivity (Wildman–Crippen MR) is 95.1 cm³/mol. The van der Waals surface area contributed by atoms with E-state index in [0.717, 1.165) is 55.1 Å². The molecule has 0 fully saturated rings. The van der Waals surface area contributed by atoms with Crippen molar-refractivity contribution in [2.45, 2.75) is 45.4 Å². The fourth-order valence-corrected chi connectivity index (χ4v) is 3.69. The molecule has 4 rings (SSSR count). The van der Waals surface area contributed by atoms with Gasteiger partial charge in [0, 0.05) is 29.9 Å². The molecule has 0 atom stereocenters. The van der Waals surface area contributed by atoms with Gasteiger partial charge in [-0.25, -0.2) is 9.97 Å². The van der Waals surface area contributed by atoms with Gasteiger partial charge < -0.3 is 10.1 Å². The monoisotopic (exact) mass is 337 g/mol. The van der Waals surface area contributed by atoms with Gasteiger partial charge in [-0.1, -0.05) is 0 Å². The van der Waals surface area contributed by atoms with Crippen molar-refractivity contribution in [2.75, 3.05) is 13.2 Å². The summed E-state index contributed by atoms with van der Waals surface area (Å²) < 4.78 is 5.60. The van der Waals surface area contributed by atoms with Gasteiger partial charge in [0.15, 0.2) is 0 Å². The van der Waals surface area contributed by atoms with Gasteiger partial charge in [-0.15, -0.1) is 0 Å². The maximum absolute atomic E-state index is 12.4. The first-order valence-corrected chi connectivity index (χ1v) is 9.10. The van der Waals surface area contributed by atoms with Gasteiger partial charge in [0.1, 0.15) is 11.6 Å². The number of hydrogen-bond donors (Lipinski definition) is 1.